The summed E-state index contributed by atoms with van der Waals surface area (Å²) < 4.78 is 0. The van der Waals surface area contributed by atoms with E-state index in [1.165, 1.54) is 0 Å². The SMILES string of the molecule is Cc1cc(C(=O)S)ccc1CN. The number of rotatable bonds is 2. The molecule has 1 aromatic carbocycles. The van der Waals surface area contributed by atoms with Crippen molar-refractivity contribution in [2.75, 3.05) is 0 Å². The highest BCUT2D eigenvalue weighted by Crippen LogP contribution is 2.11. The number of thiol groups is 1. The molecule has 0 atom stereocenters. The Labute approximate surface area is 77.2 Å². The molecule has 0 aliphatic rings. The second-order valence-corrected chi connectivity index (χ2v) is 3.06. The highest BCUT2D eigenvalue weighted by molar-refractivity contribution is 7.97. The third kappa shape index (κ3) is 1.87. The van der Waals surface area contributed by atoms with E-state index in [0.29, 0.717) is 12.1 Å². The Hall–Kier alpha value is -0.800. The molecule has 2 nitrogen and oxygen atoms in total. The van der Waals surface area contributed by atoms with Gasteiger partial charge in [-0.3, -0.25) is 4.79 Å². The Morgan fingerprint density at radius 2 is 2.25 bits per heavy atom. The molecule has 0 spiro atoms. The molecule has 0 fully saturated rings. The van der Waals surface area contributed by atoms with Gasteiger partial charge in [0, 0.05) is 12.1 Å². The Balaban J connectivity index is 3.10. The Morgan fingerprint density at radius 3 is 2.67 bits per heavy atom. The van der Waals surface area contributed by atoms with Crippen molar-refractivity contribution in [2.45, 2.75) is 13.5 Å². The summed E-state index contributed by atoms with van der Waals surface area (Å²) >= 11 is 3.73. The van der Waals surface area contributed by atoms with Crippen molar-refractivity contribution in [1.29, 1.82) is 0 Å². The molecule has 0 saturated heterocycles. The molecule has 0 saturated carbocycles. The molecule has 0 radical (unpaired) electrons. The normalized spacial score (nSPS) is 9.92. The fourth-order valence-electron chi connectivity index (χ4n) is 1.06. The summed E-state index contributed by atoms with van der Waals surface area (Å²) in [4.78, 5) is 10.8. The molecule has 0 unspecified atom stereocenters. The first-order valence-electron chi connectivity index (χ1n) is 3.68. The molecule has 0 bridgehead atoms. The fourth-order valence-corrected chi connectivity index (χ4v) is 1.20. The molecule has 3 heteroatoms. The number of aryl methyl sites for hydroxylation is 1. The molecule has 0 heterocycles. The topological polar surface area (TPSA) is 43.1 Å². The summed E-state index contributed by atoms with van der Waals surface area (Å²) in [7, 11) is 0. The Morgan fingerprint density at radius 1 is 1.58 bits per heavy atom. The van der Waals surface area contributed by atoms with Crippen LogP contribution in [0.4, 0.5) is 0 Å². The van der Waals surface area contributed by atoms with Crippen molar-refractivity contribution < 1.29 is 4.79 Å². The van der Waals surface area contributed by atoms with Gasteiger partial charge in [-0.15, -0.1) is 12.6 Å². The van der Waals surface area contributed by atoms with E-state index in [0.717, 1.165) is 11.1 Å². The van der Waals surface area contributed by atoms with E-state index >= 15 is 0 Å². The van der Waals surface area contributed by atoms with Crippen LogP contribution in [0.2, 0.25) is 0 Å². The van der Waals surface area contributed by atoms with Gasteiger partial charge in [0.15, 0.2) is 0 Å². The van der Waals surface area contributed by atoms with E-state index in [4.69, 9.17) is 5.73 Å². The smallest absolute Gasteiger partial charge is 0.216 e. The van der Waals surface area contributed by atoms with Gasteiger partial charge in [0.05, 0.1) is 0 Å². The van der Waals surface area contributed by atoms with E-state index in [-0.39, 0.29) is 5.12 Å². The minimum Gasteiger partial charge on any atom is -0.326 e. The summed E-state index contributed by atoms with van der Waals surface area (Å²) in [5.74, 6) is 0. The van der Waals surface area contributed by atoms with Crippen LogP contribution in [0, 0.1) is 6.92 Å². The average molecular weight is 181 g/mol. The van der Waals surface area contributed by atoms with Gasteiger partial charge >= 0.3 is 0 Å². The van der Waals surface area contributed by atoms with Crippen LogP contribution in [-0.2, 0) is 6.54 Å². The van der Waals surface area contributed by atoms with Crippen molar-refractivity contribution >= 4 is 17.7 Å². The van der Waals surface area contributed by atoms with E-state index in [9.17, 15) is 4.79 Å². The predicted octanol–water partition coefficient (Wildman–Crippen LogP) is 1.52. The van der Waals surface area contributed by atoms with Crippen LogP contribution in [0.3, 0.4) is 0 Å². The monoisotopic (exact) mass is 181 g/mol. The second kappa shape index (κ2) is 3.74. The van der Waals surface area contributed by atoms with Crippen molar-refractivity contribution in [3.63, 3.8) is 0 Å². The molecular formula is C9H11NOS. The van der Waals surface area contributed by atoms with Crippen molar-refractivity contribution in [3.8, 4) is 0 Å². The Bertz CT molecular complexity index is 309. The van der Waals surface area contributed by atoms with Crippen molar-refractivity contribution in [3.05, 3.63) is 34.9 Å². The first kappa shape index (κ1) is 9.29. The molecule has 1 rings (SSSR count). The van der Waals surface area contributed by atoms with E-state index in [1.807, 2.05) is 13.0 Å². The van der Waals surface area contributed by atoms with Crippen LogP contribution < -0.4 is 5.73 Å². The lowest BCUT2D eigenvalue weighted by Crippen LogP contribution is -2.00. The number of carbonyl (C=O) groups excluding carboxylic acids is 1. The zero-order valence-electron chi connectivity index (χ0n) is 6.87. The minimum atomic E-state index is -0.207. The maximum Gasteiger partial charge on any atom is 0.216 e. The molecule has 2 N–H and O–H groups in total. The maximum atomic E-state index is 10.8. The van der Waals surface area contributed by atoms with Gasteiger partial charge in [0.1, 0.15) is 0 Å². The standard InChI is InChI=1S/C9H11NOS/c1-6-4-7(9(11)12)2-3-8(6)5-10/h2-4H,5,10H2,1H3,(H,11,12). The van der Waals surface area contributed by atoms with Crippen molar-refractivity contribution in [2.24, 2.45) is 5.73 Å². The molecule has 0 aliphatic heterocycles. The minimum absolute atomic E-state index is 0.207. The van der Waals surface area contributed by atoms with Crippen LogP contribution in [0.15, 0.2) is 18.2 Å². The zero-order chi connectivity index (χ0) is 9.14. The molecule has 1 aromatic rings. The number of nitrogens with two attached hydrogens (primary N) is 1. The molecule has 0 aliphatic carbocycles. The molecule has 0 amide bonds. The van der Waals surface area contributed by atoms with Gasteiger partial charge < -0.3 is 5.73 Å². The first-order valence-corrected chi connectivity index (χ1v) is 4.12. The van der Waals surface area contributed by atoms with Crippen molar-refractivity contribution in [1.82, 2.24) is 0 Å². The second-order valence-electron chi connectivity index (χ2n) is 2.65. The summed E-state index contributed by atoms with van der Waals surface area (Å²) in [6.07, 6.45) is 0. The number of benzene rings is 1. The maximum absolute atomic E-state index is 10.8. The highest BCUT2D eigenvalue weighted by atomic mass is 32.1. The van der Waals surface area contributed by atoms with Gasteiger partial charge in [-0.1, -0.05) is 12.1 Å². The lowest BCUT2D eigenvalue weighted by atomic mass is 10.1. The number of carbonyl (C=O) groups is 1. The fraction of sp³-hybridized carbons (Fsp3) is 0.222. The summed E-state index contributed by atoms with van der Waals surface area (Å²) in [5.41, 5.74) is 8.19. The lowest BCUT2D eigenvalue weighted by molar-refractivity contribution is 0.109. The molecular weight excluding hydrogens is 170 g/mol. The van der Waals surface area contributed by atoms with Gasteiger partial charge in [-0.05, 0) is 24.1 Å². The predicted molar refractivity (Wildman–Crippen MR) is 52.4 cm³/mol. The van der Waals surface area contributed by atoms with Gasteiger partial charge in [-0.2, -0.15) is 0 Å². The average Bonchev–Trinajstić information content (AvgIpc) is 2.04. The van der Waals surface area contributed by atoms with Gasteiger partial charge in [0.25, 0.3) is 0 Å². The van der Waals surface area contributed by atoms with E-state index < -0.39 is 0 Å². The highest BCUT2D eigenvalue weighted by Gasteiger charge is 2.02. The zero-order valence-corrected chi connectivity index (χ0v) is 7.77. The number of hydrogen-bond acceptors (Lipinski definition) is 2. The summed E-state index contributed by atoms with van der Waals surface area (Å²) in [5, 5.41) is -0.207. The largest absolute Gasteiger partial charge is 0.326 e. The summed E-state index contributed by atoms with van der Waals surface area (Å²) in [6, 6.07) is 5.40. The molecule has 12 heavy (non-hydrogen) atoms. The van der Waals surface area contributed by atoms with Crippen LogP contribution >= 0.6 is 12.6 Å². The van der Waals surface area contributed by atoms with Crippen LogP contribution in [0.25, 0.3) is 0 Å². The number of hydrogen-bond donors (Lipinski definition) is 2. The molecule has 64 valence electrons. The Kier molecular flexibility index (Phi) is 2.89. The third-order valence-electron chi connectivity index (χ3n) is 1.81. The van der Waals surface area contributed by atoms with Crippen LogP contribution in [0.1, 0.15) is 21.5 Å². The third-order valence-corrected chi connectivity index (χ3v) is 2.07. The lowest BCUT2D eigenvalue weighted by Gasteiger charge is -2.03. The summed E-state index contributed by atoms with van der Waals surface area (Å²) in [6.45, 7) is 2.44. The van der Waals surface area contributed by atoms with Crippen LogP contribution in [-0.4, -0.2) is 5.12 Å². The van der Waals surface area contributed by atoms with Gasteiger partial charge in [-0.25, -0.2) is 0 Å². The van der Waals surface area contributed by atoms with Gasteiger partial charge in [0.2, 0.25) is 5.12 Å². The van der Waals surface area contributed by atoms with E-state index in [1.54, 1.807) is 12.1 Å². The molecule has 0 aromatic heterocycles. The van der Waals surface area contributed by atoms with Crippen LogP contribution in [0.5, 0.6) is 0 Å². The first-order chi connectivity index (χ1) is 5.65. The quantitative estimate of drug-likeness (QED) is 0.679. The van der Waals surface area contributed by atoms with E-state index in [2.05, 4.69) is 12.6 Å².